The lowest BCUT2D eigenvalue weighted by atomic mass is 10.1. The summed E-state index contributed by atoms with van der Waals surface area (Å²) in [5, 5.41) is 3.07. The van der Waals surface area contributed by atoms with Crippen molar-refractivity contribution in [2.45, 2.75) is 116 Å². The largest absolute Gasteiger partial charge is 0.356 e. The van der Waals surface area contributed by atoms with Gasteiger partial charge in [-0.25, -0.2) is 0 Å². The predicted octanol–water partition coefficient (Wildman–Crippen LogP) is 6.94. The van der Waals surface area contributed by atoms with E-state index >= 15 is 0 Å². The van der Waals surface area contributed by atoms with Crippen LogP contribution in [-0.4, -0.2) is 12.5 Å². The lowest BCUT2D eigenvalue weighted by Gasteiger charge is -2.06. The standard InChI is InChI=1S/C22H43NO/c1-3-5-7-9-11-12-13-15-17-19-21-23-22(24)20-18-16-14-10-8-6-4-2/h3H,1,4-21H2,2H3,(H,23,24). The van der Waals surface area contributed by atoms with E-state index in [1.54, 1.807) is 0 Å². The van der Waals surface area contributed by atoms with E-state index in [9.17, 15) is 4.79 Å². The van der Waals surface area contributed by atoms with Crippen molar-refractivity contribution in [3.05, 3.63) is 12.7 Å². The molecule has 0 fully saturated rings. The van der Waals surface area contributed by atoms with Crippen LogP contribution in [0.15, 0.2) is 12.7 Å². The van der Waals surface area contributed by atoms with Gasteiger partial charge in [0.05, 0.1) is 0 Å². The molecule has 0 aliphatic rings. The summed E-state index contributed by atoms with van der Waals surface area (Å²) in [4.78, 5) is 11.7. The van der Waals surface area contributed by atoms with Gasteiger partial charge in [-0.15, -0.1) is 6.58 Å². The Morgan fingerprint density at radius 2 is 1.25 bits per heavy atom. The van der Waals surface area contributed by atoms with E-state index in [1.165, 1.54) is 89.9 Å². The smallest absolute Gasteiger partial charge is 0.219 e. The molecule has 0 unspecified atom stereocenters. The minimum absolute atomic E-state index is 0.255. The van der Waals surface area contributed by atoms with Gasteiger partial charge in [-0.3, -0.25) is 4.79 Å². The molecular weight excluding hydrogens is 294 g/mol. The van der Waals surface area contributed by atoms with Crippen LogP contribution in [0, 0.1) is 0 Å². The van der Waals surface area contributed by atoms with Crippen molar-refractivity contribution in [3.63, 3.8) is 0 Å². The number of hydrogen-bond donors (Lipinski definition) is 1. The number of nitrogens with one attached hydrogen (secondary N) is 1. The second-order valence-electron chi connectivity index (χ2n) is 7.13. The molecule has 0 aliphatic heterocycles. The summed E-state index contributed by atoms with van der Waals surface area (Å²) in [5.74, 6) is 0.255. The molecule has 0 spiro atoms. The molecule has 0 saturated carbocycles. The summed E-state index contributed by atoms with van der Waals surface area (Å²) in [7, 11) is 0. The normalized spacial score (nSPS) is 10.7. The second kappa shape index (κ2) is 20.3. The molecule has 0 aliphatic carbocycles. The fraction of sp³-hybridized carbons (Fsp3) is 0.864. The van der Waals surface area contributed by atoms with Gasteiger partial charge in [0.1, 0.15) is 0 Å². The van der Waals surface area contributed by atoms with Gasteiger partial charge in [-0.05, 0) is 25.7 Å². The van der Waals surface area contributed by atoms with E-state index in [-0.39, 0.29) is 5.91 Å². The molecule has 0 bridgehead atoms. The summed E-state index contributed by atoms with van der Waals surface area (Å²) in [6.07, 6.45) is 23.3. The van der Waals surface area contributed by atoms with Gasteiger partial charge in [0.2, 0.25) is 5.91 Å². The molecule has 0 aromatic rings. The van der Waals surface area contributed by atoms with Gasteiger partial charge in [-0.2, -0.15) is 0 Å². The first-order valence-electron chi connectivity index (χ1n) is 10.7. The van der Waals surface area contributed by atoms with E-state index in [0.717, 1.165) is 25.8 Å². The van der Waals surface area contributed by atoms with Gasteiger partial charge in [0.15, 0.2) is 0 Å². The molecule has 2 nitrogen and oxygen atoms in total. The van der Waals surface area contributed by atoms with Crippen molar-refractivity contribution in [1.82, 2.24) is 5.32 Å². The first-order valence-corrected chi connectivity index (χ1v) is 10.7. The van der Waals surface area contributed by atoms with Gasteiger partial charge < -0.3 is 5.32 Å². The third-order valence-electron chi connectivity index (χ3n) is 4.66. The predicted molar refractivity (Wildman–Crippen MR) is 107 cm³/mol. The van der Waals surface area contributed by atoms with E-state index in [4.69, 9.17) is 0 Å². The van der Waals surface area contributed by atoms with Gasteiger partial charge in [-0.1, -0.05) is 90.0 Å². The van der Waals surface area contributed by atoms with Crippen molar-refractivity contribution in [3.8, 4) is 0 Å². The average Bonchev–Trinajstić information content (AvgIpc) is 2.59. The maximum Gasteiger partial charge on any atom is 0.219 e. The van der Waals surface area contributed by atoms with Gasteiger partial charge >= 0.3 is 0 Å². The molecule has 0 radical (unpaired) electrons. The summed E-state index contributed by atoms with van der Waals surface area (Å²) in [6, 6.07) is 0. The van der Waals surface area contributed by atoms with Gasteiger partial charge in [0.25, 0.3) is 0 Å². The Hall–Kier alpha value is -0.790. The highest BCUT2D eigenvalue weighted by Gasteiger charge is 2.00. The Bertz CT molecular complexity index is 275. The Balaban J connectivity index is 3.13. The number of carbonyl (C=O) groups is 1. The topological polar surface area (TPSA) is 29.1 Å². The molecule has 0 atom stereocenters. The van der Waals surface area contributed by atoms with Crippen LogP contribution in [0.2, 0.25) is 0 Å². The number of unbranched alkanes of at least 4 members (excludes halogenated alkanes) is 14. The molecule has 2 heteroatoms. The summed E-state index contributed by atoms with van der Waals surface area (Å²) in [6.45, 7) is 6.87. The van der Waals surface area contributed by atoms with Crippen LogP contribution in [0.4, 0.5) is 0 Å². The van der Waals surface area contributed by atoms with Crippen molar-refractivity contribution < 1.29 is 4.79 Å². The quantitative estimate of drug-likeness (QED) is 0.201. The Labute approximate surface area is 151 Å². The minimum Gasteiger partial charge on any atom is -0.356 e. The molecule has 1 amide bonds. The third-order valence-corrected chi connectivity index (χ3v) is 4.66. The van der Waals surface area contributed by atoms with Crippen LogP contribution in [0.1, 0.15) is 116 Å². The zero-order valence-corrected chi connectivity index (χ0v) is 16.4. The highest BCUT2D eigenvalue weighted by molar-refractivity contribution is 5.75. The highest BCUT2D eigenvalue weighted by atomic mass is 16.1. The number of amides is 1. The lowest BCUT2D eigenvalue weighted by Crippen LogP contribution is -2.23. The molecule has 0 heterocycles. The molecule has 24 heavy (non-hydrogen) atoms. The van der Waals surface area contributed by atoms with Crippen molar-refractivity contribution in [2.75, 3.05) is 6.54 Å². The van der Waals surface area contributed by atoms with Gasteiger partial charge in [0, 0.05) is 13.0 Å². The SMILES string of the molecule is C=CCCCCCCCCCCNC(=O)CCCCCCCCC. The highest BCUT2D eigenvalue weighted by Crippen LogP contribution is 2.10. The fourth-order valence-corrected chi connectivity index (χ4v) is 3.03. The summed E-state index contributed by atoms with van der Waals surface area (Å²) in [5.41, 5.74) is 0. The van der Waals surface area contributed by atoms with Crippen molar-refractivity contribution >= 4 is 5.91 Å². The summed E-state index contributed by atoms with van der Waals surface area (Å²) >= 11 is 0. The average molecular weight is 338 g/mol. The zero-order valence-electron chi connectivity index (χ0n) is 16.4. The Morgan fingerprint density at radius 1 is 0.750 bits per heavy atom. The molecular formula is C22H43NO. The first-order chi connectivity index (χ1) is 11.8. The van der Waals surface area contributed by atoms with Crippen LogP contribution in [0.25, 0.3) is 0 Å². The van der Waals surface area contributed by atoms with Crippen molar-refractivity contribution in [1.29, 1.82) is 0 Å². The monoisotopic (exact) mass is 337 g/mol. The van der Waals surface area contributed by atoms with Crippen LogP contribution < -0.4 is 5.32 Å². The molecule has 1 N–H and O–H groups in total. The Kier molecular flexibility index (Phi) is 19.6. The first kappa shape index (κ1) is 23.2. The van der Waals surface area contributed by atoms with E-state index in [1.807, 2.05) is 6.08 Å². The molecule has 142 valence electrons. The minimum atomic E-state index is 0.255. The number of hydrogen-bond acceptors (Lipinski definition) is 1. The number of carbonyl (C=O) groups excluding carboxylic acids is 1. The van der Waals surface area contributed by atoms with E-state index in [0.29, 0.717) is 0 Å². The second-order valence-corrected chi connectivity index (χ2v) is 7.13. The molecule has 0 rings (SSSR count). The lowest BCUT2D eigenvalue weighted by molar-refractivity contribution is -0.121. The van der Waals surface area contributed by atoms with Crippen LogP contribution >= 0.6 is 0 Å². The molecule has 0 aromatic heterocycles. The summed E-state index contributed by atoms with van der Waals surface area (Å²) < 4.78 is 0. The number of rotatable bonds is 19. The Morgan fingerprint density at radius 3 is 1.83 bits per heavy atom. The maximum absolute atomic E-state index is 11.7. The number of allylic oxidation sites excluding steroid dienone is 1. The molecule has 0 saturated heterocycles. The maximum atomic E-state index is 11.7. The van der Waals surface area contributed by atoms with E-state index < -0.39 is 0 Å². The molecule has 0 aromatic carbocycles. The van der Waals surface area contributed by atoms with E-state index in [2.05, 4.69) is 18.8 Å². The van der Waals surface area contributed by atoms with Crippen LogP contribution in [0.3, 0.4) is 0 Å². The fourth-order valence-electron chi connectivity index (χ4n) is 3.03. The van der Waals surface area contributed by atoms with Crippen LogP contribution in [-0.2, 0) is 4.79 Å². The van der Waals surface area contributed by atoms with Crippen molar-refractivity contribution in [2.24, 2.45) is 0 Å². The van der Waals surface area contributed by atoms with Crippen LogP contribution in [0.5, 0.6) is 0 Å². The third kappa shape index (κ3) is 19.3. The zero-order chi connectivity index (χ0) is 17.7.